The van der Waals surface area contributed by atoms with Crippen molar-refractivity contribution in [2.24, 2.45) is 0 Å². The van der Waals surface area contributed by atoms with Gasteiger partial charge in [-0.15, -0.1) is 0 Å². The van der Waals surface area contributed by atoms with Gasteiger partial charge in [-0.1, -0.05) is 12.1 Å². The van der Waals surface area contributed by atoms with Crippen molar-refractivity contribution in [2.75, 3.05) is 24.6 Å². The summed E-state index contributed by atoms with van der Waals surface area (Å²) in [5.74, 6) is 0.374. The smallest absolute Gasteiger partial charge is 0.283 e. The van der Waals surface area contributed by atoms with Crippen molar-refractivity contribution in [3.05, 3.63) is 38.3 Å². The fourth-order valence-corrected chi connectivity index (χ4v) is 4.06. The Hall–Kier alpha value is -0.990. The van der Waals surface area contributed by atoms with Gasteiger partial charge in [-0.3, -0.25) is 15.0 Å². The minimum atomic E-state index is -2.94. The van der Waals surface area contributed by atoms with E-state index < -0.39 is 14.8 Å². The molecule has 0 amide bonds. The largest absolute Gasteiger partial charge is 0.298 e. The molecule has 0 atom stereocenters. The lowest BCUT2D eigenvalue weighted by molar-refractivity contribution is -0.385. The zero-order valence-electron chi connectivity index (χ0n) is 10.8. The van der Waals surface area contributed by atoms with Crippen LogP contribution < -0.4 is 0 Å². The van der Waals surface area contributed by atoms with Crippen molar-refractivity contribution in [2.45, 2.75) is 13.0 Å². The molecule has 0 unspecified atom stereocenters. The van der Waals surface area contributed by atoms with E-state index in [1.54, 1.807) is 6.07 Å². The molecule has 1 aromatic carbocycles. The van der Waals surface area contributed by atoms with Crippen LogP contribution >= 0.6 is 15.9 Å². The van der Waals surface area contributed by atoms with Gasteiger partial charge in [0.25, 0.3) is 5.69 Å². The maximum absolute atomic E-state index is 11.6. The summed E-state index contributed by atoms with van der Waals surface area (Å²) in [5, 5.41) is 10.9. The zero-order chi connectivity index (χ0) is 14.8. The first-order chi connectivity index (χ1) is 9.39. The molecule has 0 aliphatic carbocycles. The van der Waals surface area contributed by atoms with Crippen LogP contribution in [-0.2, 0) is 16.4 Å². The normalized spacial score (nSPS) is 19.4. The Morgan fingerprint density at radius 1 is 1.30 bits per heavy atom. The van der Waals surface area contributed by atoms with E-state index in [1.807, 2.05) is 11.0 Å². The van der Waals surface area contributed by atoms with Crippen molar-refractivity contribution in [3.63, 3.8) is 0 Å². The van der Waals surface area contributed by atoms with Gasteiger partial charge in [-0.2, -0.15) is 0 Å². The molecule has 8 heteroatoms. The maximum Gasteiger partial charge on any atom is 0.283 e. The van der Waals surface area contributed by atoms with E-state index in [1.165, 1.54) is 6.07 Å². The van der Waals surface area contributed by atoms with Crippen LogP contribution in [0, 0.1) is 10.1 Å². The van der Waals surface area contributed by atoms with Gasteiger partial charge < -0.3 is 0 Å². The zero-order valence-corrected chi connectivity index (χ0v) is 13.2. The third kappa shape index (κ3) is 3.77. The number of benzene rings is 1. The van der Waals surface area contributed by atoms with Crippen LogP contribution in [0.5, 0.6) is 0 Å². The molecule has 1 heterocycles. The van der Waals surface area contributed by atoms with Crippen molar-refractivity contribution in [1.82, 2.24) is 4.90 Å². The van der Waals surface area contributed by atoms with E-state index in [-0.39, 0.29) is 17.2 Å². The highest BCUT2D eigenvalue weighted by atomic mass is 79.9. The van der Waals surface area contributed by atoms with Gasteiger partial charge in [-0.05, 0) is 34.5 Å². The van der Waals surface area contributed by atoms with Crippen LogP contribution in [0.3, 0.4) is 0 Å². The first-order valence-corrected chi connectivity index (χ1v) is 8.85. The first kappa shape index (κ1) is 15.4. The monoisotopic (exact) mass is 362 g/mol. The number of rotatable bonds is 3. The molecule has 0 radical (unpaired) electrons. The summed E-state index contributed by atoms with van der Waals surface area (Å²) in [7, 11) is -2.94. The SMILES string of the molecule is O=[N+]([O-])c1cccc(CN2CCCS(=O)(=O)CC2)c1Br. The Balaban J connectivity index is 2.14. The number of halogens is 1. The molecule has 1 aliphatic rings. The Bertz CT molecular complexity index is 618. The second-order valence-corrected chi connectivity index (χ2v) is 7.89. The molecule has 0 bridgehead atoms. The highest BCUT2D eigenvalue weighted by Crippen LogP contribution is 2.29. The van der Waals surface area contributed by atoms with Gasteiger partial charge in [0.1, 0.15) is 0 Å². The van der Waals surface area contributed by atoms with Crippen molar-refractivity contribution >= 4 is 31.5 Å². The van der Waals surface area contributed by atoms with E-state index >= 15 is 0 Å². The van der Waals surface area contributed by atoms with Gasteiger partial charge in [0.05, 0.1) is 20.9 Å². The third-order valence-corrected chi connectivity index (χ3v) is 5.93. The summed E-state index contributed by atoms with van der Waals surface area (Å²) < 4.78 is 23.6. The first-order valence-electron chi connectivity index (χ1n) is 6.23. The quantitative estimate of drug-likeness (QED) is 0.606. The highest BCUT2D eigenvalue weighted by molar-refractivity contribution is 9.10. The van der Waals surface area contributed by atoms with Crippen molar-refractivity contribution < 1.29 is 13.3 Å². The predicted octanol–water partition coefficient (Wildman–Crippen LogP) is 1.98. The van der Waals surface area contributed by atoms with E-state index in [0.29, 0.717) is 30.5 Å². The fourth-order valence-electron chi connectivity index (χ4n) is 2.22. The highest BCUT2D eigenvalue weighted by Gasteiger charge is 2.21. The van der Waals surface area contributed by atoms with Crippen molar-refractivity contribution in [3.8, 4) is 0 Å². The average molecular weight is 363 g/mol. The standard InChI is InChI=1S/C12H15BrN2O4S/c13-12-10(3-1-4-11(12)15(16)17)9-14-5-2-7-20(18,19)8-6-14/h1,3-4H,2,5-9H2. The predicted molar refractivity (Wildman–Crippen MR) is 79.3 cm³/mol. The summed E-state index contributed by atoms with van der Waals surface area (Å²) in [6.07, 6.45) is 0.606. The number of nitro benzene ring substituents is 1. The van der Waals surface area contributed by atoms with Crippen molar-refractivity contribution in [1.29, 1.82) is 0 Å². The van der Waals surface area contributed by atoms with Gasteiger partial charge >= 0.3 is 0 Å². The van der Waals surface area contributed by atoms with E-state index in [4.69, 9.17) is 0 Å². The minimum Gasteiger partial charge on any atom is -0.298 e. The number of nitro groups is 1. The number of hydrogen-bond donors (Lipinski definition) is 0. The fraction of sp³-hybridized carbons (Fsp3) is 0.500. The number of nitrogens with zero attached hydrogens (tertiary/aromatic N) is 2. The van der Waals surface area contributed by atoms with Gasteiger partial charge in [0, 0.05) is 19.2 Å². The van der Waals surface area contributed by atoms with Crippen LogP contribution in [0.2, 0.25) is 0 Å². The van der Waals surface area contributed by atoms with Crippen LogP contribution in [-0.4, -0.2) is 42.8 Å². The topological polar surface area (TPSA) is 80.5 Å². The van der Waals surface area contributed by atoms with Gasteiger partial charge in [0.15, 0.2) is 9.84 Å². The van der Waals surface area contributed by atoms with Gasteiger partial charge in [-0.25, -0.2) is 8.42 Å². The maximum atomic E-state index is 11.6. The third-order valence-electron chi connectivity index (χ3n) is 3.30. The lowest BCUT2D eigenvalue weighted by Gasteiger charge is -2.19. The summed E-state index contributed by atoms with van der Waals surface area (Å²) in [6.45, 7) is 1.67. The molecule has 0 saturated carbocycles. The van der Waals surface area contributed by atoms with E-state index in [9.17, 15) is 18.5 Å². The summed E-state index contributed by atoms with van der Waals surface area (Å²) in [4.78, 5) is 12.5. The number of hydrogen-bond acceptors (Lipinski definition) is 5. The molecule has 1 fully saturated rings. The van der Waals surface area contributed by atoms with Gasteiger partial charge in [0.2, 0.25) is 0 Å². The molecular formula is C12H15BrN2O4S. The molecule has 1 aliphatic heterocycles. The average Bonchev–Trinajstić information content (AvgIpc) is 2.53. The molecule has 110 valence electrons. The molecule has 0 spiro atoms. The Kier molecular flexibility index (Phi) is 4.77. The molecule has 1 aromatic rings. The molecule has 20 heavy (non-hydrogen) atoms. The Morgan fingerprint density at radius 3 is 2.75 bits per heavy atom. The second kappa shape index (κ2) is 6.19. The molecule has 1 saturated heterocycles. The lowest BCUT2D eigenvalue weighted by Crippen LogP contribution is -2.26. The second-order valence-electron chi connectivity index (χ2n) is 4.79. The van der Waals surface area contributed by atoms with Crippen LogP contribution in [0.4, 0.5) is 5.69 Å². The lowest BCUT2D eigenvalue weighted by atomic mass is 10.2. The Labute approximate surface area is 126 Å². The molecule has 0 N–H and O–H groups in total. The van der Waals surface area contributed by atoms with E-state index in [0.717, 1.165) is 5.56 Å². The Morgan fingerprint density at radius 2 is 2.05 bits per heavy atom. The summed E-state index contributed by atoms with van der Waals surface area (Å²) in [6, 6.07) is 4.91. The van der Waals surface area contributed by atoms with Crippen LogP contribution in [0.25, 0.3) is 0 Å². The van der Waals surface area contributed by atoms with Crippen LogP contribution in [0.15, 0.2) is 22.7 Å². The molecule has 6 nitrogen and oxygen atoms in total. The van der Waals surface area contributed by atoms with E-state index in [2.05, 4.69) is 15.9 Å². The minimum absolute atomic E-state index is 0.0324. The molecular weight excluding hydrogens is 348 g/mol. The van der Waals surface area contributed by atoms with Crippen LogP contribution in [0.1, 0.15) is 12.0 Å². The summed E-state index contributed by atoms with van der Waals surface area (Å²) >= 11 is 3.26. The number of sulfone groups is 1. The molecule has 0 aromatic heterocycles. The summed E-state index contributed by atoms with van der Waals surface area (Å²) in [5.41, 5.74) is 0.837. The molecule has 2 rings (SSSR count).